The first-order valence-electron chi connectivity index (χ1n) is 5.38. The van der Waals surface area contributed by atoms with Gasteiger partial charge in [0.1, 0.15) is 5.56 Å². The van der Waals surface area contributed by atoms with Crippen molar-refractivity contribution in [3.63, 3.8) is 0 Å². The van der Waals surface area contributed by atoms with E-state index >= 15 is 0 Å². The minimum atomic E-state index is -1.09. The number of carbonyl (C=O) groups is 1. The largest absolute Gasteiger partial charge is 0.478 e. The number of aromatic carboxylic acids is 1. The molecule has 0 saturated carbocycles. The van der Waals surface area contributed by atoms with E-state index in [-0.39, 0.29) is 11.3 Å². The van der Waals surface area contributed by atoms with Crippen LogP contribution in [0.15, 0.2) is 12.4 Å². The zero-order valence-corrected chi connectivity index (χ0v) is 9.84. The number of aromatic nitrogens is 3. The maximum absolute atomic E-state index is 10.9. The molecule has 0 atom stereocenters. The van der Waals surface area contributed by atoms with Crippen molar-refractivity contribution in [2.75, 3.05) is 5.73 Å². The van der Waals surface area contributed by atoms with Gasteiger partial charge in [0.2, 0.25) is 0 Å². The van der Waals surface area contributed by atoms with Crippen LogP contribution in [0.1, 0.15) is 23.7 Å². The van der Waals surface area contributed by atoms with Gasteiger partial charge < -0.3 is 10.8 Å². The first-order valence-corrected chi connectivity index (χ1v) is 5.38. The molecular weight excluding hydrogens is 232 g/mol. The standard InChI is InChI=1S/C12H12N4O2/c1-2-3-4-5-16-11-8(7-15-16)10(13)9(6-14-11)12(17)18/h6-7H,4-5H2,1H3,(H2,13,14)(H,17,18). The van der Waals surface area contributed by atoms with E-state index in [2.05, 4.69) is 21.9 Å². The third-order valence-corrected chi connectivity index (χ3v) is 2.56. The Labute approximate surface area is 103 Å². The summed E-state index contributed by atoms with van der Waals surface area (Å²) in [5.41, 5.74) is 6.56. The van der Waals surface area contributed by atoms with Crippen LogP contribution in [0, 0.1) is 11.8 Å². The highest BCUT2D eigenvalue weighted by molar-refractivity contribution is 6.02. The second-order valence-electron chi connectivity index (χ2n) is 3.67. The fraction of sp³-hybridized carbons (Fsp3) is 0.250. The summed E-state index contributed by atoms with van der Waals surface area (Å²) < 4.78 is 1.67. The lowest BCUT2D eigenvalue weighted by Crippen LogP contribution is -2.05. The molecule has 2 aromatic heterocycles. The SMILES string of the molecule is CC#CCCn1ncc2c(N)c(C(=O)O)cnc21. The smallest absolute Gasteiger partial charge is 0.339 e. The number of fused-ring (bicyclic) bond motifs is 1. The van der Waals surface area contributed by atoms with Gasteiger partial charge in [-0.3, -0.25) is 0 Å². The van der Waals surface area contributed by atoms with Gasteiger partial charge in [0.05, 0.1) is 23.8 Å². The Morgan fingerprint density at radius 3 is 3.00 bits per heavy atom. The van der Waals surface area contributed by atoms with Crippen molar-refractivity contribution >= 4 is 22.7 Å². The quantitative estimate of drug-likeness (QED) is 0.789. The molecule has 0 saturated heterocycles. The van der Waals surface area contributed by atoms with Crippen LogP contribution in [0.3, 0.4) is 0 Å². The molecule has 2 rings (SSSR count). The zero-order chi connectivity index (χ0) is 13.1. The monoisotopic (exact) mass is 244 g/mol. The number of pyridine rings is 1. The Hall–Kier alpha value is -2.55. The average Bonchev–Trinajstić information content (AvgIpc) is 2.74. The molecule has 0 radical (unpaired) electrons. The van der Waals surface area contributed by atoms with Crippen molar-refractivity contribution in [2.24, 2.45) is 0 Å². The lowest BCUT2D eigenvalue weighted by Gasteiger charge is -2.03. The first-order chi connectivity index (χ1) is 8.65. The Bertz CT molecular complexity index is 664. The Morgan fingerprint density at radius 1 is 1.56 bits per heavy atom. The molecule has 6 nitrogen and oxygen atoms in total. The van der Waals surface area contributed by atoms with E-state index in [1.54, 1.807) is 11.6 Å². The highest BCUT2D eigenvalue weighted by Gasteiger charge is 2.14. The molecule has 2 heterocycles. The van der Waals surface area contributed by atoms with E-state index in [0.717, 1.165) is 0 Å². The molecule has 92 valence electrons. The van der Waals surface area contributed by atoms with Gasteiger partial charge in [0, 0.05) is 12.6 Å². The van der Waals surface area contributed by atoms with Crippen molar-refractivity contribution < 1.29 is 9.90 Å². The van der Waals surface area contributed by atoms with E-state index < -0.39 is 5.97 Å². The zero-order valence-electron chi connectivity index (χ0n) is 9.84. The van der Waals surface area contributed by atoms with Gasteiger partial charge in [0.15, 0.2) is 5.65 Å². The second-order valence-corrected chi connectivity index (χ2v) is 3.67. The van der Waals surface area contributed by atoms with Gasteiger partial charge in [0.25, 0.3) is 0 Å². The average molecular weight is 244 g/mol. The maximum atomic E-state index is 10.9. The third-order valence-electron chi connectivity index (χ3n) is 2.56. The number of nitrogens with two attached hydrogens (primary N) is 1. The molecule has 18 heavy (non-hydrogen) atoms. The predicted octanol–water partition coefficient (Wildman–Crippen LogP) is 1.13. The van der Waals surface area contributed by atoms with Crippen LogP contribution in [-0.2, 0) is 6.54 Å². The molecule has 0 spiro atoms. The summed E-state index contributed by atoms with van der Waals surface area (Å²) in [6, 6.07) is 0. The molecule has 0 fully saturated rings. The van der Waals surface area contributed by atoms with E-state index in [1.807, 2.05) is 0 Å². The van der Waals surface area contributed by atoms with Gasteiger partial charge >= 0.3 is 5.97 Å². The summed E-state index contributed by atoms with van der Waals surface area (Å²) in [6.07, 6.45) is 3.45. The van der Waals surface area contributed by atoms with Crippen LogP contribution in [-0.4, -0.2) is 25.8 Å². The summed E-state index contributed by atoms with van der Waals surface area (Å²) in [6.45, 7) is 2.37. The summed E-state index contributed by atoms with van der Waals surface area (Å²) in [4.78, 5) is 15.0. The molecule has 0 aliphatic carbocycles. The topological polar surface area (TPSA) is 94.0 Å². The van der Waals surface area contributed by atoms with Crippen LogP contribution >= 0.6 is 0 Å². The minimum absolute atomic E-state index is 0.00426. The molecule has 0 unspecified atom stereocenters. The number of rotatable bonds is 3. The van der Waals surface area contributed by atoms with Crippen LogP contribution in [0.4, 0.5) is 5.69 Å². The van der Waals surface area contributed by atoms with Crippen LogP contribution in [0.5, 0.6) is 0 Å². The fourth-order valence-electron chi connectivity index (χ4n) is 1.67. The van der Waals surface area contributed by atoms with Gasteiger partial charge in [-0.1, -0.05) is 0 Å². The predicted molar refractivity (Wildman–Crippen MR) is 67.0 cm³/mol. The van der Waals surface area contributed by atoms with E-state index in [9.17, 15) is 4.79 Å². The number of carboxylic acid groups (broad SMARTS) is 1. The van der Waals surface area contributed by atoms with Crippen molar-refractivity contribution in [1.82, 2.24) is 14.8 Å². The Morgan fingerprint density at radius 2 is 2.33 bits per heavy atom. The van der Waals surface area contributed by atoms with E-state index in [0.29, 0.717) is 24.0 Å². The third kappa shape index (κ3) is 1.98. The van der Waals surface area contributed by atoms with E-state index in [4.69, 9.17) is 10.8 Å². The molecular formula is C12H12N4O2. The molecule has 6 heteroatoms. The lowest BCUT2D eigenvalue weighted by molar-refractivity contribution is 0.0698. The summed E-state index contributed by atoms with van der Waals surface area (Å²) in [5.74, 6) is 4.64. The van der Waals surface area contributed by atoms with Crippen LogP contribution in [0.25, 0.3) is 11.0 Å². The number of carboxylic acids is 1. The number of anilines is 1. The highest BCUT2D eigenvalue weighted by Crippen LogP contribution is 2.22. The van der Waals surface area contributed by atoms with E-state index in [1.165, 1.54) is 12.4 Å². The molecule has 2 aromatic rings. The molecule has 0 aromatic carbocycles. The van der Waals surface area contributed by atoms with Crippen molar-refractivity contribution in [3.8, 4) is 11.8 Å². The van der Waals surface area contributed by atoms with Crippen LogP contribution < -0.4 is 5.73 Å². The minimum Gasteiger partial charge on any atom is -0.478 e. The maximum Gasteiger partial charge on any atom is 0.339 e. The molecule has 0 aliphatic rings. The molecule has 0 aliphatic heterocycles. The number of hydrogen-bond donors (Lipinski definition) is 2. The number of hydrogen-bond acceptors (Lipinski definition) is 4. The van der Waals surface area contributed by atoms with Gasteiger partial charge in [-0.05, 0) is 6.92 Å². The van der Waals surface area contributed by atoms with Gasteiger partial charge in [-0.25, -0.2) is 14.5 Å². The number of nitrogen functional groups attached to an aromatic ring is 1. The second kappa shape index (κ2) is 4.75. The molecule has 3 N–H and O–H groups in total. The summed E-state index contributed by atoms with van der Waals surface area (Å²) in [5, 5.41) is 13.6. The fourth-order valence-corrected chi connectivity index (χ4v) is 1.67. The van der Waals surface area contributed by atoms with Crippen LogP contribution in [0.2, 0.25) is 0 Å². The Kier molecular flexibility index (Phi) is 3.15. The van der Waals surface area contributed by atoms with Crippen molar-refractivity contribution in [1.29, 1.82) is 0 Å². The van der Waals surface area contributed by atoms with Crippen molar-refractivity contribution in [2.45, 2.75) is 19.9 Å². The Balaban J connectivity index is 2.45. The number of nitrogens with zero attached hydrogens (tertiary/aromatic N) is 3. The van der Waals surface area contributed by atoms with Gasteiger partial charge in [-0.2, -0.15) is 5.10 Å². The number of aryl methyl sites for hydroxylation is 1. The summed E-state index contributed by atoms with van der Waals surface area (Å²) in [7, 11) is 0. The normalized spacial score (nSPS) is 10.1. The highest BCUT2D eigenvalue weighted by atomic mass is 16.4. The first kappa shape index (κ1) is 11.9. The van der Waals surface area contributed by atoms with Gasteiger partial charge in [-0.15, -0.1) is 11.8 Å². The van der Waals surface area contributed by atoms with Crippen molar-refractivity contribution in [3.05, 3.63) is 18.0 Å². The molecule has 0 bridgehead atoms. The lowest BCUT2D eigenvalue weighted by atomic mass is 10.2. The summed E-state index contributed by atoms with van der Waals surface area (Å²) >= 11 is 0. The molecule has 0 amide bonds.